The van der Waals surface area contributed by atoms with Crippen LogP contribution < -0.4 is 5.73 Å². The van der Waals surface area contributed by atoms with Gasteiger partial charge in [0.05, 0.1) is 48.4 Å². The molecular formula is C17H19N3O5S. The lowest BCUT2D eigenvalue weighted by atomic mass is 10.1. The first-order valence-corrected chi connectivity index (χ1v) is 9.39. The summed E-state index contributed by atoms with van der Waals surface area (Å²) in [6.45, 7) is 1.46. The number of rotatable bonds is 4. The van der Waals surface area contributed by atoms with E-state index in [4.69, 9.17) is 15.2 Å². The molecule has 2 aromatic rings. The maximum absolute atomic E-state index is 12.6. The van der Waals surface area contributed by atoms with Gasteiger partial charge in [-0.2, -0.15) is 4.31 Å². The molecule has 0 unspecified atom stereocenters. The molecule has 1 aliphatic rings. The number of carbonyl (C=O) groups is 1. The molecule has 0 bridgehead atoms. The van der Waals surface area contributed by atoms with Crippen molar-refractivity contribution < 1.29 is 22.7 Å². The van der Waals surface area contributed by atoms with E-state index in [1.807, 2.05) is 0 Å². The minimum atomic E-state index is -3.55. The summed E-state index contributed by atoms with van der Waals surface area (Å²) in [7, 11) is -2.28. The Hall–Kier alpha value is -2.49. The second kappa shape index (κ2) is 7.40. The molecule has 0 atom stereocenters. The molecule has 138 valence electrons. The van der Waals surface area contributed by atoms with Crippen LogP contribution in [0.3, 0.4) is 0 Å². The average Bonchev–Trinajstić information content (AvgIpc) is 2.68. The average molecular weight is 377 g/mol. The summed E-state index contributed by atoms with van der Waals surface area (Å²) in [6, 6.07) is 7.86. The van der Waals surface area contributed by atoms with Crippen LogP contribution in [0.4, 0.5) is 5.69 Å². The lowest BCUT2D eigenvalue weighted by Gasteiger charge is -2.26. The molecule has 2 N–H and O–H groups in total. The van der Waals surface area contributed by atoms with Gasteiger partial charge in [-0.05, 0) is 18.2 Å². The summed E-state index contributed by atoms with van der Waals surface area (Å²) in [5.41, 5.74) is 7.33. The number of morpholine rings is 1. The normalized spacial score (nSPS) is 15.6. The van der Waals surface area contributed by atoms with Crippen molar-refractivity contribution in [2.24, 2.45) is 0 Å². The first-order chi connectivity index (χ1) is 12.4. The molecule has 1 fully saturated rings. The Morgan fingerprint density at radius 3 is 2.50 bits per heavy atom. The zero-order valence-corrected chi connectivity index (χ0v) is 15.0. The van der Waals surface area contributed by atoms with Crippen LogP contribution in [-0.2, 0) is 19.5 Å². The van der Waals surface area contributed by atoms with Crippen LogP contribution in [0.2, 0.25) is 0 Å². The van der Waals surface area contributed by atoms with Crippen LogP contribution in [0.15, 0.2) is 41.4 Å². The Labute approximate surface area is 151 Å². The topological polar surface area (TPSA) is 112 Å². The van der Waals surface area contributed by atoms with Gasteiger partial charge in [-0.3, -0.25) is 4.98 Å². The number of sulfonamides is 1. The van der Waals surface area contributed by atoms with Gasteiger partial charge in [0.2, 0.25) is 10.0 Å². The third kappa shape index (κ3) is 3.55. The number of nitrogens with two attached hydrogens (primary N) is 1. The van der Waals surface area contributed by atoms with Gasteiger partial charge < -0.3 is 15.2 Å². The molecule has 1 saturated heterocycles. The highest BCUT2D eigenvalue weighted by molar-refractivity contribution is 7.89. The van der Waals surface area contributed by atoms with E-state index in [9.17, 15) is 13.2 Å². The Morgan fingerprint density at radius 1 is 1.23 bits per heavy atom. The Balaban J connectivity index is 1.89. The summed E-state index contributed by atoms with van der Waals surface area (Å²) < 4.78 is 36.6. The van der Waals surface area contributed by atoms with Gasteiger partial charge in [0.1, 0.15) is 0 Å². The molecule has 3 rings (SSSR count). The fourth-order valence-corrected chi connectivity index (χ4v) is 4.05. The third-order valence-corrected chi connectivity index (χ3v) is 6.01. The molecule has 0 aliphatic carbocycles. The van der Waals surface area contributed by atoms with Gasteiger partial charge in [-0.15, -0.1) is 0 Å². The van der Waals surface area contributed by atoms with E-state index in [-0.39, 0.29) is 16.1 Å². The lowest BCUT2D eigenvalue weighted by Crippen LogP contribution is -2.40. The van der Waals surface area contributed by atoms with Gasteiger partial charge in [0.25, 0.3) is 0 Å². The fraction of sp³-hybridized carbons (Fsp3) is 0.294. The van der Waals surface area contributed by atoms with Crippen molar-refractivity contribution in [1.82, 2.24) is 9.29 Å². The van der Waals surface area contributed by atoms with Gasteiger partial charge >= 0.3 is 5.97 Å². The zero-order chi connectivity index (χ0) is 18.7. The maximum Gasteiger partial charge on any atom is 0.340 e. The Bertz CT molecular complexity index is 906. The number of anilines is 1. The number of hydrogen-bond acceptors (Lipinski definition) is 7. The number of ether oxygens (including phenoxy) is 2. The van der Waals surface area contributed by atoms with Crippen molar-refractivity contribution in [3.8, 4) is 11.3 Å². The molecular weight excluding hydrogens is 358 g/mol. The van der Waals surface area contributed by atoms with Crippen molar-refractivity contribution in [2.45, 2.75) is 4.90 Å². The van der Waals surface area contributed by atoms with Gasteiger partial charge in [0, 0.05) is 18.7 Å². The molecule has 0 spiro atoms. The highest BCUT2D eigenvalue weighted by Crippen LogP contribution is 2.24. The summed E-state index contributed by atoms with van der Waals surface area (Å²) in [5.74, 6) is -0.558. The number of hydrogen-bond donors (Lipinski definition) is 1. The number of methoxy groups -OCH3 is 1. The quantitative estimate of drug-likeness (QED) is 0.795. The molecule has 9 heteroatoms. The van der Waals surface area contributed by atoms with Crippen molar-refractivity contribution in [2.75, 3.05) is 39.1 Å². The van der Waals surface area contributed by atoms with Crippen molar-refractivity contribution in [1.29, 1.82) is 0 Å². The number of nitrogen functional groups attached to an aromatic ring is 1. The van der Waals surface area contributed by atoms with Gasteiger partial charge in [-0.25, -0.2) is 13.2 Å². The van der Waals surface area contributed by atoms with Gasteiger partial charge in [-0.1, -0.05) is 12.1 Å². The predicted molar refractivity (Wildman–Crippen MR) is 95.0 cm³/mol. The van der Waals surface area contributed by atoms with Crippen LogP contribution in [0, 0.1) is 0 Å². The van der Waals surface area contributed by atoms with Crippen LogP contribution in [0.1, 0.15) is 10.4 Å². The molecule has 0 saturated carbocycles. The number of nitrogens with zero attached hydrogens (tertiary/aromatic N) is 2. The second-order valence-electron chi connectivity index (χ2n) is 5.69. The lowest BCUT2D eigenvalue weighted by molar-refractivity contribution is 0.0602. The molecule has 1 aliphatic heterocycles. The summed E-state index contributed by atoms with van der Waals surface area (Å²) in [6.07, 6.45) is 1.37. The number of esters is 1. The van der Waals surface area contributed by atoms with E-state index in [0.29, 0.717) is 37.6 Å². The van der Waals surface area contributed by atoms with E-state index >= 15 is 0 Å². The number of benzene rings is 1. The summed E-state index contributed by atoms with van der Waals surface area (Å²) >= 11 is 0. The van der Waals surface area contributed by atoms with E-state index in [1.165, 1.54) is 35.8 Å². The number of aromatic nitrogens is 1. The number of pyridine rings is 1. The van der Waals surface area contributed by atoms with Crippen molar-refractivity contribution in [3.05, 3.63) is 42.1 Å². The largest absolute Gasteiger partial charge is 0.465 e. The van der Waals surface area contributed by atoms with E-state index < -0.39 is 16.0 Å². The molecule has 1 aromatic heterocycles. The molecule has 26 heavy (non-hydrogen) atoms. The zero-order valence-electron chi connectivity index (χ0n) is 14.2. The van der Waals surface area contributed by atoms with Crippen LogP contribution in [0.25, 0.3) is 11.3 Å². The first kappa shape index (κ1) is 18.3. The Kier molecular flexibility index (Phi) is 5.21. The van der Waals surface area contributed by atoms with E-state index in [2.05, 4.69) is 4.98 Å². The smallest absolute Gasteiger partial charge is 0.340 e. The number of carbonyl (C=O) groups excluding carboxylic acids is 1. The monoisotopic (exact) mass is 377 g/mol. The van der Waals surface area contributed by atoms with Gasteiger partial charge in [0.15, 0.2) is 0 Å². The van der Waals surface area contributed by atoms with E-state index in [0.717, 1.165) is 0 Å². The molecule has 2 heterocycles. The molecule has 1 aromatic carbocycles. The summed E-state index contributed by atoms with van der Waals surface area (Å²) in [5, 5.41) is 0. The Morgan fingerprint density at radius 2 is 1.88 bits per heavy atom. The third-order valence-electron chi connectivity index (χ3n) is 4.10. The van der Waals surface area contributed by atoms with Crippen LogP contribution >= 0.6 is 0 Å². The minimum absolute atomic E-state index is 0.201. The maximum atomic E-state index is 12.6. The van der Waals surface area contributed by atoms with Crippen LogP contribution in [0.5, 0.6) is 0 Å². The SMILES string of the molecule is COC(=O)c1cc(-c2ccc(S(=O)(=O)N3CCOCC3)cc2)ncc1N. The van der Waals surface area contributed by atoms with E-state index in [1.54, 1.807) is 12.1 Å². The van der Waals surface area contributed by atoms with Crippen LogP contribution in [-0.4, -0.2) is 57.1 Å². The highest BCUT2D eigenvalue weighted by Gasteiger charge is 2.26. The molecule has 0 amide bonds. The van der Waals surface area contributed by atoms with Crippen molar-refractivity contribution in [3.63, 3.8) is 0 Å². The first-order valence-electron chi connectivity index (χ1n) is 7.95. The minimum Gasteiger partial charge on any atom is -0.465 e. The summed E-state index contributed by atoms with van der Waals surface area (Å²) in [4.78, 5) is 16.2. The fourth-order valence-electron chi connectivity index (χ4n) is 2.64. The molecule has 0 radical (unpaired) electrons. The highest BCUT2D eigenvalue weighted by atomic mass is 32.2. The second-order valence-corrected chi connectivity index (χ2v) is 7.63. The standard InChI is InChI=1S/C17H19N3O5S/c1-24-17(21)14-10-16(19-11-15(14)18)12-2-4-13(5-3-12)26(22,23)20-6-8-25-9-7-20/h2-5,10-11H,6-9,18H2,1H3. The van der Waals surface area contributed by atoms with Crippen molar-refractivity contribution >= 4 is 21.7 Å². The predicted octanol–water partition coefficient (Wildman–Crippen LogP) is 1.14. The molecule has 8 nitrogen and oxygen atoms in total.